The predicted octanol–water partition coefficient (Wildman–Crippen LogP) is 7.28. The van der Waals surface area contributed by atoms with Crippen molar-refractivity contribution in [2.24, 2.45) is 16.2 Å². The van der Waals surface area contributed by atoms with Crippen LogP contribution < -0.4 is 36.8 Å². The summed E-state index contributed by atoms with van der Waals surface area (Å²) < 4.78 is 71.9. The lowest BCUT2D eigenvalue weighted by atomic mass is 9.86. The van der Waals surface area contributed by atoms with E-state index < -0.39 is 93.5 Å². The Hall–Kier alpha value is -7.99. The van der Waals surface area contributed by atoms with E-state index in [2.05, 4.69) is 47.2 Å². The lowest BCUT2D eigenvalue weighted by Crippen LogP contribution is -2.55. The van der Waals surface area contributed by atoms with E-state index >= 15 is 0 Å². The minimum atomic E-state index is -0.916. The molecule has 0 aliphatic carbocycles. The number of halogens is 6. The van der Waals surface area contributed by atoms with Crippen molar-refractivity contribution in [2.45, 2.75) is 119 Å². The zero-order valence-electron chi connectivity index (χ0n) is 54.0. The van der Waals surface area contributed by atoms with Crippen LogP contribution in [0.1, 0.15) is 96.9 Å². The number of carbonyl (C=O) groups excluding carboxylic acids is 6. The molecule has 6 aromatic rings. The summed E-state index contributed by atoms with van der Waals surface area (Å²) in [6.45, 7) is 17.7. The number of nitrogens with one attached hydrogen (secondary N) is 6. The smallest absolute Gasteiger partial charge is 0.343 e. The number of aliphatic hydroxyl groups excluding tert-OH is 3. The van der Waals surface area contributed by atoms with Gasteiger partial charge in [-0.3, -0.25) is 14.4 Å². The molecule has 3 aromatic heterocycles. The summed E-state index contributed by atoms with van der Waals surface area (Å²) in [5.41, 5.74) is 2.94. The van der Waals surface area contributed by atoms with Gasteiger partial charge in [-0.2, -0.15) is 29.3 Å². The van der Waals surface area contributed by atoms with Crippen molar-refractivity contribution in [2.75, 3.05) is 71.2 Å². The summed E-state index contributed by atoms with van der Waals surface area (Å²) in [4.78, 5) is 79.2. The topological polar surface area (TPSA) is 310 Å². The second kappa shape index (κ2) is 31.5. The molecule has 0 radical (unpaired) electrons. The highest BCUT2D eigenvalue weighted by Crippen LogP contribution is 2.39. The fourth-order valence-electron chi connectivity index (χ4n) is 10.7. The van der Waals surface area contributed by atoms with E-state index in [-0.39, 0.29) is 85.1 Å². The van der Waals surface area contributed by atoms with Gasteiger partial charge in [0, 0.05) is 83.9 Å². The second-order valence-corrected chi connectivity index (χ2v) is 26.6. The monoisotopic (exact) mass is 1350 g/mol. The molecule has 6 amide bonds. The van der Waals surface area contributed by atoms with Crippen molar-refractivity contribution in [3.05, 3.63) is 116 Å². The van der Waals surface area contributed by atoms with Gasteiger partial charge in [-0.25, -0.2) is 31.9 Å². The summed E-state index contributed by atoms with van der Waals surface area (Å²) >= 11 is 11.8. The van der Waals surface area contributed by atoms with E-state index in [0.717, 1.165) is 35.8 Å². The van der Waals surface area contributed by atoms with Crippen LogP contribution in [0.4, 0.5) is 37.6 Å². The maximum atomic E-state index is 14.7. The number of nitrogens with zero attached hydrogens (tertiary/aromatic N) is 7. The average Bonchev–Trinajstić information content (AvgIpc) is 1.63. The quantitative estimate of drug-likeness (QED) is 0.0456. The number of hydrogen-bond donors (Lipinski definition) is 9. The van der Waals surface area contributed by atoms with Gasteiger partial charge in [0.2, 0.25) is 17.7 Å². The maximum Gasteiger partial charge on any atom is 0.343 e. The van der Waals surface area contributed by atoms with E-state index in [1.165, 1.54) is 27.6 Å². The summed E-state index contributed by atoms with van der Waals surface area (Å²) in [6, 6.07) is 7.13. The zero-order chi connectivity index (χ0) is 69.1. The van der Waals surface area contributed by atoms with Crippen molar-refractivity contribution >= 4 is 64.7 Å². The maximum absolute atomic E-state index is 14.7. The molecule has 510 valence electrons. The molecule has 9 N–H and O–H groups in total. The third kappa shape index (κ3) is 17.7. The number of carbonyl (C=O) groups is 6. The zero-order valence-corrected chi connectivity index (χ0v) is 55.6. The molecule has 0 spiro atoms. The third-order valence-corrected chi connectivity index (χ3v) is 15.9. The van der Waals surface area contributed by atoms with Gasteiger partial charge in [0.25, 0.3) is 0 Å². The Morgan fingerprint density at radius 2 is 0.904 bits per heavy atom. The molecule has 24 nitrogen and oxygen atoms in total. The molecule has 3 aliphatic rings. The molecular weight excluding hydrogens is 1270 g/mol. The van der Waals surface area contributed by atoms with Crippen LogP contribution in [-0.4, -0.2) is 165 Å². The molecule has 3 aliphatic heterocycles. The first-order valence-corrected chi connectivity index (χ1v) is 31.2. The number of rotatable bonds is 15. The van der Waals surface area contributed by atoms with Crippen LogP contribution in [0.15, 0.2) is 54.6 Å². The normalized spacial score (nSPS) is 14.6. The van der Waals surface area contributed by atoms with Gasteiger partial charge in [-0.1, -0.05) is 85.5 Å². The van der Waals surface area contributed by atoms with Gasteiger partial charge in [0.1, 0.15) is 58.5 Å². The summed E-state index contributed by atoms with van der Waals surface area (Å²) in [5.74, 6) is -3.65. The van der Waals surface area contributed by atoms with Gasteiger partial charge < -0.3 is 61.6 Å². The number of amides is 6. The number of ether oxygens (including phenoxy) is 2. The summed E-state index contributed by atoms with van der Waals surface area (Å²) in [5, 5.41) is 56.5. The van der Waals surface area contributed by atoms with Crippen LogP contribution >= 0.6 is 23.2 Å². The van der Waals surface area contributed by atoms with Crippen LogP contribution in [0.5, 0.6) is 0 Å². The number of benzene rings is 3. The minimum Gasteiger partial charge on any atom is -0.395 e. The van der Waals surface area contributed by atoms with Crippen molar-refractivity contribution in [3.8, 4) is 33.8 Å². The Morgan fingerprint density at radius 1 is 0.521 bits per heavy atom. The highest BCUT2D eigenvalue weighted by atomic mass is 35.5. The second-order valence-electron chi connectivity index (χ2n) is 25.7. The Bertz CT molecular complexity index is 3750. The largest absolute Gasteiger partial charge is 0.395 e. The summed E-state index contributed by atoms with van der Waals surface area (Å²) in [6.07, 6.45) is 2.17. The molecule has 0 fully saturated rings. The van der Waals surface area contributed by atoms with Crippen molar-refractivity contribution in [1.29, 1.82) is 0 Å². The number of aromatic nitrogens is 6. The van der Waals surface area contributed by atoms with Crippen LogP contribution in [0.3, 0.4) is 0 Å². The molecule has 0 saturated carbocycles. The highest BCUT2D eigenvalue weighted by molar-refractivity contribution is 6.31. The standard InChI is InChI=1S/C22H29ClFN5O3.C21H26ClFN4O4.C21H26F2N4O4/c1-22(2,3)19(20(31)25-9-11-30)26-21(32)29-16-6-5-10-28(4)18(16)17(27-29)14-8-7-13(23)12-15(14)24;1-21(2,3)18(19(29)24-7-8-28)25-20(30)27-16-6-9-31-11-14(16)17(26-27)13-5-4-12(22)10-15(13)23;1-21(2,3)18(19(29)24-7-8-28)25-20(30)27-16-6-9-31-11-14(16)17(26-27)13-10-12(22)4-5-15(13)23/h7-8,12,19,30H,5-6,9-11H2,1-4H3,(H,25,31)(H,26,32);2*4-5,10,18,28H,6-9,11H2,1-3H3,(H,24,29)(H,25,30)/t19-;2*18-/m111/s1. The highest BCUT2D eigenvalue weighted by Gasteiger charge is 2.39. The Morgan fingerprint density at radius 3 is 1.30 bits per heavy atom. The molecule has 0 unspecified atom stereocenters. The lowest BCUT2D eigenvalue weighted by Gasteiger charge is -2.30. The molecular formula is C64H81Cl2F4N13O11. The first-order chi connectivity index (χ1) is 44.3. The molecule has 3 atom stereocenters. The molecule has 6 heterocycles. The minimum absolute atomic E-state index is 0.0544. The molecule has 94 heavy (non-hydrogen) atoms. The van der Waals surface area contributed by atoms with Crippen molar-refractivity contribution in [3.63, 3.8) is 0 Å². The van der Waals surface area contributed by atoms with E-state index in [1.807, 2.05) is 53.5 Å². The fraction of sp³-hybridized carbons (Fsp3) is 0.484. The van der Waals surface area contributed by atoms with Gasteiger partial charge in [0.15, 0.2) is 0 Å². The van der Waals surface area contributed by atoms with Gasteiger partial charge in [-0.05, 0) is 83.7 Å². The van der Waals surface area contributed by atoms with Crippen molar-refractivity contribution < 1.29 is 71.1 Å². The number of anilines is 1. The van der Waals surface area contributed by atoms with Gasteiger partial charge >= 0.3 is 18.1 Å². The molecule has 3 aromatic carbocycles. The van der Waals surface area contributed by atoms with E-state index in [9.17, 15) is 46.3 Å². The Balaban J connectivity index is 0.000000200. The Kier molecular flexibility index (Phi) is 24.6. The van der Waals surface area contributed by atoms with E-state index in [0.29, 0.717) is 77.8 Å². The Labute approximate surface area is 551 Å². The number of fused-ring (bicyclic) bond motifs is 3. The fourth-order valence-corrected chi connectivity index (χ4v) is 11.0. The summed E-state index contributed by atoms with van der Waals surface area (Å²) in [7, 11) is 1.87. The van der Waals surface area contributed by atoms with E-state index in [4.69, 9.17) is 48.0 Å². The molecule has 30 heteroatoms. The van der Waals surface area contributed by atoms with Crippen LogP contribution in [0, 0.1) is 39.5 Å². The van der Waals surface area contributed by atoms with Crippen LogP contribution in [-0.2, 0) is 56.3 Å². The SMILES string of the molecule is CC(C)(C)[C@H](NC(=O)n1nc(-c2cc(F)ccc2F)c2c1CCOC2)C(=O)NCCO.CC(C)(C)[C@H](NC(=O)n1nc(-c2ccc(Cl)cc2F)c2c1CCOC2)C(=O)NCCO.CN1CCCc2c1c(-c1ccc(Cl)cc1F)nn2C(=O)N[C@H](C(=O)NCCO)C(C)(C)C. The number of aliphatic hydroxyl groups is 3. The lowest BCUT2D eigenvalue weighted by molar-refractivity contribution is -0.126. The first-order valence-electron chi connectivity index (χ1n) is 30.5. The predicted molar refractivity (Wildman–Crippen MR) is 343 cm³/mol. The third-order valence-electron chi connectivity index (χ3n) is 15.4. The van der Waals surface area contributed by atoms with Gasteiger partial charge in [0.05, 0.1) is 69.0 Å². The van der Waals surface area contributed by atoms with Crippen molar-refractivity contribution in [1.82, 2.24) is 61.2 Å². The van der Waals surface area contributed by atoms with E-state index in [1.54, 1.807) is 39.0 Å². The number of hydrogen-bond acceptors (Lipinski definition) is 15. The first kappa shape index (κ1) is 73.4. The average molecular weight is 1360 g/mol. The van der Waals surface area contributed by atoms with Gasteiger partial charge in [-0.15, -0.1) is 0 Å². The molecule has 9 rings (SSSR count). The molecule has 0 saturated heterocycles. The van der Waals surface area contributed by atoms with Crippen LogP contribution in [0.25, 0.3) is 33.8 Å². The molecule has 0 bridgehead atoms. The van der Waals surface area contributed by atoms with Crippen LogP contribution in [0.2, 0.25) is 10.0 Å².